The van der Waals surface area contributed by atoms with Crippen LogP contribution >= 0.6 is 0 Å². The standard InChI is InChI=1S/C24H30N8O/c1-15-14-33-18(12-29-11-16-5-3-2-4-6-16)13-32(15)22-10-21(30-24(28)31-22)17-7-8-19(23(26)27)20(25)9-17/h2-10,15,18,29H,11-14,25H2,1H3,(H3,26,27)(H2,28,30,31). The van der Waals surface area contributed by atoms with E-state index < -0.39 is 0 Å². The average molecular weight is 447 g/mol. The van der Waals surface area contributed by atoms with Crippen LogP contribution in [0.5, 0.6) is 0 Å². The Morgan fingerprint density at radius 2 is 1.94 bits per heavy atom. The van der Waals surface area contributed by atoms with Crippen molar-refractivity contribution in [2.45, 2.75) is 25.6 Å². The molecule has 2 heterocycles. The van der Waals surface area contributed by atoms with Crippen LogP contribution in [-0.2, 0) is 11.3 Å². The lowest BCUT2D eigenvalue weighted by atomic mass is 10.1. The van der Waals surface area contributed by atoms with Gasteiger partial charge in [0.1, 0.15) is 11.7 Å². The van der Waals surface area contributed by atoms with Gasteiger partial charge in [-0.25, -0.2) is 4.98 Å². The summed E-state index contributed by atoms with van der Waals surface area (Å²) in [5.74, 6) is 0.862. The number of ether oxygens (including phenoxy) is 1. The van der Waals surface area contributed by atoms with Crippen LogP contribution in [0.1, 0.15) is 18.1 Å². The summed E-state index contributed by atoms with van der Waals surface area (Å²) in [7, 11) is 0. The molecule has 0 aliphatic carbocycles. The number of hydrogen-bond donors (Lipinski definition) is 5. The van der Waals surface area contributed by atoms with Gasteiger partial charge in [0.2, 0.25) is 5.95 Å². The van der Waals surface area contributed by atoms with Gasteiger partial charge in [0.05, 0.1) is 24.4 Å². The number of hydrogen-bond acceptors (Lipinski definition) is 8. The molecule has 2 unspecified atom stereocenters. The molecule has 1 fully saturated rings. The van der Waals surface area contributed by atoms with Crippen LogP contribution in [0, 0.1) is 5.41 Å². The summed E-state index contributed by atoms with van der Waals surface area (Å²) >= 11 is 0. The monoisotopic (exact) mass is 446 g/mol. The SMILES string of the molecule is CC1COC(CNCc2ccccc2)CN1c1cc(-c2ccc(C(=N)N)c(N)c2)nc(N)n1. The molecule has 1 aliphatic rings. The van der Waals surface area contributed by atoms with Crippen LogP contribution in [-0.4, -0.2) is 47.6 Å². The number of anilines is 3. The first kappa shape index (κ1) is 22.5. The van der Waals surface area contributed by atoms with E-state index in [0.29, 0.717) is 30.1 Å². The van der Waals surface area contributed by atoms with E-state index in [1.807, 2.05) is 30.3 Å². The molecular weight excluding hydrogens is 416 g/mol. The fraction of sp³-hybridized carbons (Fsp3) is 0.292. The number of benzene rings is 2. The van der Waals surface area contributed by atoms with E-state index in [4.69, 9.17) is 27.3 Å². The maximum atomic E-state index is 7.62. The molecule has 2 aromatic carbocycles. The fourth-order valence-electron chi connectivity index (χ4n) is 3.95. The molecule has 1 saturated heterocycles. The quantitative estimate of drug-likeness (QED) is 0.210. The van der Waals surface area contributed by atoms with E-state index in [9.17, 15) is 0 Å². The molecular formula is C24H30N8O. The molecule has 9 nitrogen and oxygen atoms in total. The summed E-state index contributed by atoms with van der Waals surface area (Å²) in [5, 5.41) is 11.1. The summed E-state index contributed by atoms with van der Waals surface area (Å²) in [4.78, 5) is 11.1. The van der Waals surface area contributed by atoms with Crippen LogP contribution in [0.15, 0.2) is 54.6 Å². The lowest BCUT2D eigenvalue weighted by Gasteiger charge is -2.39. The molecule has 1 aromatic heterocycles. The fourth-order valence-corrected chi connectivity index (χ4v) is 3.95. The first-order valence-electron chi connectivity index (χ1n) is 10.9. The van der Waals surface area contributed by atoms with Crippen molar-refractivity contribution < 1.29 is 4.74 Å². The van der Waals surface area contributed by atoms with Gasteiger partial charge in [-0.1, -0.05) is 36.4 Å². The summed E-state index contributed by atoms with van der Waals surface area (Å²) in [5.41, 5.74) is 21.3. The van der Waals surface area contributed by atoms with Crippen molar-refractivity contribution in [1.82, 2.24) is 15.3 Å². The molecule has 9 heteroatoms. The topological polar surface area (TPSA) is 152 Å². The molecule has 3 aromatic rings. The number of rotatable bonds is 7. The molecule has 2 atom stereocenters. The van der Waals surface area contributed by atoms with Gasteiger partial charge >= 0.3 is 0 Å². The third-order valence-electron chi connectivity index (χ3n) is 5.71. The van der Waals surface area contributed by atoms with Gasteiger partial charge < -0.3 is 32.2 Å². The zero-order valence-electron chi connectivity index (χ0n) is 18.7. The zero-order chi connectivity index (χ0) is 23.4. The second-order valence-electron chi connectivity index (χ2n) is 8.26. The van der Waals surface area contributed by atoms with Crippen molar-refractivity contribution in [2.24, 2.45) is 5.73 Å². The number of amidine groups is 1. The Bertz CT molecular complexity index is 1120. The Morgan fingerprint density at radius 3 is 2.67 bits per heavy atom. The third kappa shape index (κ3) is 5.39. The molecule has 33 heavy (non-hydrogen) atoms. The summed E-state index contributed by atoms with van der Waals surface area (Å²) in [6, 6.07) is 17.6. The number of aromatic nitrogens is 2. The van der Waals surface area contributed by atoms with E-state index in [1.165, 1.54) is 5.56 Å². The molecule has 172 valence electrons. The molecule has 0 radical (unpaired) electrons. The van der Waals surface area contributed by atoms with Crippen LogP contribution in [0.2, 0.25) is 0 Å². The molecule has 0 amide bonds. The Balaban J connectivity index is 1.49. The highest BCUT2D eigenvalue weighted by molar-refractivity contribution is 6.00. The molecule has 4 rings (SSSR count). The lowest BCUT2D eigenvalue weighted by Crippen LogP contribution is -2.51. The van der Waals surface area contributed by atoms with Crippen LogP contribution in [0.25, 0.3) is 11.3 Å². The molecule has 8 N–H and O–H groups in total. The lowest BCUT2D eigenvalue weighted by molar-refractivity contribution is 0.0228. The second-order valence-corrected chi connectivity index (χ2v) is 8.26. The number of morpholine rings is 1. The average Bonchev–Trinajstić information content (AvgIpc) is 2.80. The Morgan fingerprint density at radius 1 is 1.15 bits per heavy atom. The van der Waals surface area contributed by atoms with Gasteiger partial charge in [-0.15, -0.1) is 0 Å². The first-order chi connectivity index (χ1) is 15.9. The van der Waals surface area contributed by atoms with Gasteiger partial charge in [0.15, 0.2) is 0 Å². The number of nitrogen functional groups attached to an aromatic ring is 3. The van der Waals surface area contributed by atoms with Crippen molar-refractivity contribution in [3.8, 4) is 11.3 Å². The first-order valence-corrected chi connectivity index (χ1v) is 10.9. The van der Waals surface area contributed by atoms with Crippen LogP contribution in [0.3, 0.4) is 0 Å². The van der Waals surface area contributed by atoms with E-state index in [0.717, 1.165) is 24.5 Å². The summed E-state index contributed by atoms with van der Waals surface area (Å²) < 4.78 is 6.05. The minimum absolute atomic E-state index is 0.0232. The predicted octanol–water partition coefficient (Wildman–Crippen LogP) is 1.98. The third-order valence-corrected chi connectivity index (χ3v) is 5.71. The minimum Gasteiger partial charge on any atom is -0.398 e. The van der Waals surface area contributed by atoms with Crippen molar-refractivity contribution >= 4 is 23.3 Å². The van der Waals surface area contributed by atoms with Gasteiger partial charge in [-0.3, -0.25) is 5.41 Å². The highest BCUT2D eigenvalue weighted by atomic mass is 16.5. The molecule has 1 aliphatic heterocycles. The van der Waals surface area contributed by atoms with Crippen molar-refractivity contribution in [3.05, 3.63) is 65.7 Å². The Kier molecular flexibility index (Phi) is 6.71. The minimum atomic E-state index is -0.0732. The smallest absolute Gasteiger partial charge is 0.222 e. The van der Waals surface area contributed by atoms with Gasteiger partial charge in [0, 0.05) is 42.5 Å². The Labute approximate surface area is 193 Å². The molecule has 0 bridgehead atoms. The maximum Gasteiger partial charge on any atom is 0.222 e. The van der Waals surface area contributed by atoms with Gasteiger partial charge in [-0.2, -0.15) is 4.98 Å². The normalized spacial score (nSPS) is 18.3. The largest absolute Gasteiger partial charge is 0.398 e. The molecule has 0 saturated carbocycles. The summed E-state index contributed by atoms with van der Waals surface area (Å²) in [6.07, 6.45) is 0.0232. The van der Waals surface area contributed by atoms with Gasteiger partial charge in [-0.05, 0) is 24.6 Å². The van der Waals surface area contributed by atoms with Crippen molar-refractivity contribution in [1.29, 1.82) is 5.41 Å². The number of nitrogens with two attached hydrogens (primary N) is 3. The van der Waals surface area contributed by atoms with Crippen LogP contribution < -0.4 is 27.4 Å². The maximum absolute atomic E-state index is 7.62. The van der Waals surface area contributed by atoms with Crippen LogP contribution in [0.4, 0.5) is 17.5 Å². The van der Waals surface area contributed by atoms with E-state index >= 15 is 0 Å². The number of nitrogens with one attached hydrogen (secondary N) is 2. The summed E-state index contributed by atoms with van der Waals surface area (Å²) in [6.45, 7) is 4.90. The second kappa shape index (κ2) is 9.85. The highest BCUT2D eigenvalue weighted by Crippen LogP contribution is 2.28. The Hall–Kier alpha value is -3.69. The molecule has 0 spiro atoms. The van der Waals surface area contributed by atoms with E-state index in [1.54, 1.807) is 12.1 Å². The van der Waals surface area contributed by atoms with E-state index in [-0.39, 0.29) is 23.9 Å². The zero-order valence-corrected chi connectivity index (χ0v) is 18.7. The number of nitrogens with zero attached hydrogens (tertiary/aromatic N) is 3. The van der Waals surface area contributed by atoms with E-state index in [2.05, 4.69) is 39.2 Å². The van der Waals surface area contributed by atoms with Gasteiger partial charge in [0.25, 0.3) is 0 Å². The van der Waals surface area contributed by atoms with Crippen molar-refractivity contribution in [3.63, 3.8) is 0 Å². The predicted molar refractivity (Wildman–Crippen MR) is 132 cm³/mol. The van der Waals surface area contributed by atoms with Crippen molar-refractivity contribution in [2.75, 3.05) is 36.1 Å². The highest BCUT2D eigenvalue weighted by Gasteiger charge is 2.27.